The number of nitrogens with zero attached hydrogens (tertiary/aromatic N) is 4. The van der Waals surface area contributed by atoms with Crippen LogP contribution in [0.25, 0.3) is 0 Å². The van der Waals surface area contributed by atoms with Crippen molar-refractivity contribution in [1.29, 1.82) is 0 Å². The van der Waals surface area contributed by atoms with Crippen molar-refractivity contribution < 1.29 is 10.0 Å². The number of aromatic nitrogens is 3. The molecule has 0 aliphatic carbocycles. The van der Waals surface area contributed by atoms with Crippen LogP contribution >= 0.6 is 12.2 Å². The van der Waals surface area contributed by atoms with E-state index in [0.29, 0.717) is 22.6 Å². The van der Waals surface area contributed by atoms with Gasteiger partial charge in [-0.25, -0.2) is 0 Å². The monoisotopic (exact) mass is 293 g/mol. The van der Waals surface area contributed by atoms with Crippen LogP contribution in [0, 0.1) is 14.9 Å². The number of aromatic hydroxyl groups is 1. The zero-order chi connectivity index (χ0) is 14.7. The molecule has 0 radical (unpaired) electrons. The molecule has 0 aliphatic rings. The van der Waals surface area contributed by atoms with E-state index in [0.717, 1.165) is 0 Å². The Morgan fingerprint density at radius 3 is 3.05 bits per heavy atom. The molecule has 104 valence electrons. The van der Waals surface area contributed by atoms with Gasteiger partial charge in [0.15, 0.2) is 11.6 Å². The van der Waals surface area contributed by atoms with E-state index in [-0.39, 0.29) is 11.4 Å². The number of nitrogens with one attached hydrogen (secondary N) is 1. The number of phenols is 1. The van der Waals surface area contributed by atoms with Gasteiger partial charge in [-0.3, -0.25) is 15.2 Å². The average Bonchev–Trinajstić information content (AvgIpc) is 2.78. The van der Waals surface area contributed by atoms with Gasteiger partial charge in [0.25, 0.3) is 0 Å². The van der Waals surface area contributed by atoms with Gasteiger partial charge in [0.05, 0.1) is 11.1 Å². The molecule has 0 saturated carbocycles. The maximum Gasteiger partial charge on any atom is 0.311 e. The van der Waals surface area contributed by atoms with Crippen molar-refractivity contribution in [1.82, 2.24) is 14.9 Å². The Morgan fingerprint density at radius 2 is 2.40 bits per heavy atom. The number of H-pyrrole nitrogens is 1. The Bertz CT molecular complexity index is 734. The summed E-state index contributed by atoms with van der Waals surface area (Å²) in [6.45, 7) is 1.91. The first-order valence-electron chi connectivity index (χ1n) is 5.71. The normalized spacial score (nSPS) is 11.1. The Labute approximate surface area is 118 Å². The summed E-state index contributed by atoms with van der Waals surface area (Å²) in [5, 5.41) is 30.8. The largest absolute Gasteiger partial charge is 0.502 e. The molecule has 8 nitrogen and oxygen atoms in total. The zero-order valence-electron chi connectivity index (χ0n) is 10.5. The number of nitro benzene ring substituents is 1. The number of hydrogen-bond acceptors (Lipinski definition) is 6. The highest BCUT2D eigenvalue weighted by Gasteiger charge is 2.12. The van der Waals surface area contributed by atoms with Crippen molar-refractivity contribution in [3.63, 3.8) is 0 Å². The molecule has 1 aromatic carbocycles. The van der Waals surface area contributed by atoms with Gasteiger partial charge in [-0.2, -0.15) is 14.9 Å². The Morgan fingerprint density at radius 1 is 1.65 bits per heavy atom. The summed E-state index contributed by atoms with van der Waals surface area (Å²) in [5.74, 6) is 0.265. The van der Waals surface area contributed by atoms with Crippen LogP contribution < -0.4 is 0 Å². The molecule has 0 atom stereocenters. The molecule has 0 fully saturated rings. The van der Waals surface area contributed by atoms with Crippen LogP contribution in [0.3, 0.4) is 0 Å². The van der Waals surface area contributed by atoms with Crippen LogP contribution in [0.15, 0.2) is 23.3 Å². The van der Waals surface area contributed by atoms with Crippen LogP contribution in [-0.2, 0) is 6.42 Å². The smallest absolute Gasteiger partial charge is 0.311 e. The highest BCUT2D eigenvalue weighted by Crippen LogP contribution is 2.25. The molecule has 2 aromatic rings. The predicted octanol–water partition coefficient (Wildman–Crippen LogP) is 2.00. The minimum atomic E-state index is -0.659. The van der Waals surface area contributed by atoms with Crippen LogP contribution in [0.5, 0.6) is 5.75 Å². The number of aromatic amines is 1. The summed E-state index contributed by atoms with van der Waals surface area (Å²) >= 11 is 5.03. The molecule has 2 N–H and O–H groups in total. The molecular weight excluding hydrogens is 282 g/mol. The van der Waals surface area contributed by atoms with Crippen molar-refractivity contribution >= 4 is 24.1 Å². The molecule has 0 bridgehead atoms. The number of nitro groups is 1. The first kappa shape index (κ1) is 13.9. The summed E-state index contributed by atoms with van der Waals surface area (Å²) < 4.78 is 1.78. The summed E-state index contributed by atoms with van der Waals surface area (Å²) in [7, 11) is 0. The molecular formula is C11H11N5O3S. The number of aryl methyl sites for hydroxylation is 1. The summed E-state index contributed by atoms with van der Waals surface area (Å²) in [6.07, 6.45) is 2.05. The standard InChI is InChI=1S/C11H11N5O3S/c1-2-10-13-14-11(20)15(10)12-6-7-3-4-9(17)8(5-7)16(18)19/h3-6,17H,2H2,1H3,(H,14,20)/b12-6-. The van der Waals surface area contributed by atoms with E-state index in [2.05, 4.69) is 15.3 Å². The zero-order valence-corrected chi connectivity index (χ0v) is 11.3. The third kappa shape index (κ3) is 2.72. The van der Waals surface area contributed by atoms with Crippen LogP contribution in [0.4, 0.5) is 5.69 Å². The van der Waals surface area contributed by atoms with Gasteiger partial charge in [0, 0.05) is 18.1 Å². The molecule has 0 aliphatic heterocycles. The number of rotatable bonds is 4. The fraction of sp³-hybridized carbons (Fsp3) is 0.182. The fourth-order valence-corrected chi connectivity index (χ4v) is 1.76. The highest BCUT2D eigenvalue weighted by atomic mass is 32.1. The molecule has 0 saturated heterocycles. The molecule has 20 heavy (non-hydrogen) atoms. The predicted molar refractivity (Wildman–Crippen MR) is 74.5 cm³/mol. The van der Waals surface area contributed by atoms with Gasteiger partial charge in [-0.05, 0) is 24.4 Å². The lowest BCUT2D eigenvalue weighted by atomic mass is 10.2. The molecule has 1 aromatic heterocycles. The Hall–Kier alpha value is -2.55. The first-order valence-corrected chi connectivity index (χ1v) is 6.11. The maximum atomic E-state index is 10.7. The second kappa shape index (κ2) is 5.61. The van der Waals surface area contributed by atoms with Gasteiger partial charge in [-0.1, -0.05) is 6.92 Å². The number of phenolic OH excluding ortho intramolecular Hbond substituents is 1. The van der Waals surface area contributed by atoms with Gasteiger partial charge in [-0.15, -0.1) is 0 Å². The van der Waals surface area contributed by atoms with Gasteiger partial charge in [0.1, 0.15) is 0 Å². The summed E-state index contributed by atoms with van der Waals surface area (Å²) in [4.78, 5) is 10.1. The lowest BCUT2D eigenvalue weighted by Crippen LogP contribution is -1.97. The molecule has 2 rings (SSSR count). The highest BCUT2D eigenvalue weighted by molar-refractivity contribution is 7.71. The average molecular weight is 293 g/mol. The molecule has 1 heterocycles. The van der Waals surface area contributed by atoms with Gasteiger partial charge < -0.3 is 5.11 Å². The maximum absolute atomic E-state index is 10.7. The first-order chi connectivity index (χ1) is 9.52. The van der Waals surface area contributed by atoms with E-state index < -0.39 is 4.92 Å². The van der Waals surface area contributed by atoms with Crippen molar-refractivity contribution in [2.24, 2.45) is 5.10 Å². The van der Waals surface area contributed by atoms with Crippen molar-refractivity contribution in [3.8, 4) is 5.75 Å². The minimum absolute atomic E-state index is 0.339. The van der Waals surface area contributed by atoms with E-state index >= 15 is 0 Å². The number of hydrogen-bond donors (Lipinski definition) is 2. The van der Waals surface area contributed by atoms with E-state index in [9.17, 15) is 15.2 Å². The van der Waals surface area contributed by atoms with Crippen molar-refractivity contribution in [2.75, 3.05) is 0 Å². The second-order valence-corrected chi connectivity index (χ2v) is 4.25. The number of benzene rings is 1. The van der Waals surface area contributed by atoms with Crippen molar-refractivity contribution in [3.05, 3.63) is 44.5 Å². The summed E-state index contributed by atoms with van der Waals surface area (Å²) in [6, 6.07) is 3.99. The molecule has 0 amide bonds. The Kier molecular flexibility index (Phi) is 3.89. The van der Waals surface area contributed by atoms with E-state index in [1.807, 2.05) is 6.92 Å². The van der Waals surface area contributed by atoms with Crippen LogP contribution in [0.1, 0.15) is 18.3 Å². The minimum Gasteiger partial charge on any atom is -0.502 e. The van der Waals surface area contributed by atoms with Gasteiger partial charge >= 0.3 is 5.69 Å². The van der Waals surface area contributed by atoms with E-state index in [1.54, 1.807) is 0 Å². The third-order valence-corrected chi connectivity index (χ3v) is 2.82. The van der Waals surface area contributed by atoms with Crippen LogP contribution in [-0.4, -0.2) is 31.1 Å². The van der Waals surface area contributed by atoms with Crippen molar-refractivity contribution in [2.45, 2.75) is 13.3 Å². The molecule has 9 heteroatoms. The lowest BCUT2D eigenvalue weighted by molar-refractivity contribution is -0.385. The SMILES string of the molecule is CCc1n[nH]c(=S)n1/N=C\c1ccc(O)c([N+](=O)[O-])c1. The quantitative estimate of drug-likeness (QED) is 0.388. The van der Waals surface area contributed by atoms with E-state index in [1.165, 1.54) is 29.1 Å². The fourth-order valence-electron chi connectivity index (χ4n) is 1.56. The topological polar surface area (TPSA) is 109 Å². The van der Waals surface area contributed by atoms with E-state index in [4.69, 9.17) is 12.2 Å². The lowest BCUT2D eigenvalue weighted by Gasteiger charge is -1.99. The second-order valence-electron chi connectivity index (χ2n) is 3.86. The molecule has 0 spiro atoms. The third-order valence-electron chi connectivity index (χ3n) is 2.55. The summed E-state index contributed by atoms with van der Waals surface area (Å²) in [5.41, 5.74) is 0.0973. The molecule has 0 unspecified atom stereocenters. The van der Waals surface area contributed by atoms with Crippen LogP contribution in [0.2, 0.25) is 0 Å². The Balaban J connectivity index is 2.37. The van der Waals surface area contributed by atoms with Gasteiger partial charge in [0.2, 0.25) is 4.77 Å².